The van der Waals surface area contributed by atoms with Gasteiger partial charge in [0.1, 0.15) is 5.82 Å². The van der Waals surface area contributed by atoms with Crippen molar-refractivity contribution in [3.63, 3.8) is 0 Å². The Morgan fingerprint density at radius 3 is 2.90 bits per heavy atom. The molecule has 0 bridgehead atoms. The number of carbonyl (C=O) groups is 1. The van der Waals surface area contributed by atoms with Gasteiger partial charge < -0.3 is 9.30 Å². The maximum Gasteiger partial charge on any atom is 0.337 e. The van der Waals surface area contributed by atoms with E-state index in [1.807, 2.05) is 18.5 Å². The molecule has 0 radical (unpaired) electrons. The minimum Gasteiger partial charge on any atom is -0.465 e. The number of aryl methyl sites for hydroxylation is 1. The number of nitrogens with zero attached hydrogens (tertiary/aromatic N) is 2. The van der Waals surface area contributed by atoms with Crippen molar-refractivity contribution in [3.05, 3.63) is 52.0 Å². The minimum atomic E-state index is -0.327. The van der Waals surface area contributed by atoms with Crippen LogP contribution in [0, 0.1) is 0 Å². The number of hydrogen-bond donors (Lipinski definition) is 0. The highest BCUT2D eigenvalue weighted by Gasteiger charge is 2.10. The largest absolute Gasteiger partial charge is 0.465 e. The van der Waals surface area contributed by atoms with Crippen molar-refractivity contribution in [2.24, 2.45) is 0 Å². The molecule has 0 spiro atoms. The summed E-state index contributed by atoms with van der Waals surface area (Å²) in [6.07, 6.45) is 5.83. The van der Waals surface area contributed by atoms with Gasteiger partial charge in [0.15, 0.2) is 0 Å². The Balaban J connectivity index is 2.21. The number of rotatable bonds is 5. The van der Waals surface area contributed by atoms with Gasteiger partial charge in [-0.1, -0.05) is 28.9 Å². The van der Waals surface area contributed by atoms with Crippen LogP contribution in [-0.4, -0.2) is 22.6 Å². The maximum atomic E-state index is 11.5. The Hall–Kier alpha value is -1.62. The number of hydrogen-bond acceptors (Lipinski definition) is 3. The summed E-state index contributed by atoms with van der Waals surface area (Å²) in [4.78, 5) is 15.8. The summed E-state index contributed by atoms with van der Waals surface area (Å²) in [7, 11) is 1.38. The minimum absolute atomic E-state index is 0.327. The SMILES string of the molecule is CCCc1nccn1Cc1ccc(C(=O)OC)cc1Br. The van der Waals surface area contributed by atoms with Crippen LogP contribution in [0.25, 0.3) is 0 Å². The number of esters is 1. The van der Waals surface area contributed by atoms with Crippen LogP contribution in [-0.2, 0) is 17.7 Å². The molecule has 4 nitrogen and oxygen atoms in total. The van der Waals surface area contributed by atoms with Gasteiger partial charge in [-0.3, -0.25) is 0 Å². The molecule has 1 heterocycles. The summed E-state index contributed by atoms with van der Waals surface area (Å²) < 4.78 is 7.74. The van der Waals surface area contributed by atoms with Crippen LogP contribution in [0.15, 0.2) is 35.1 Å². The monoisotopic (exact) mass is 336 g/mol. The Bertz CT molecular complexity index is 608. The van der Waals surface area contributed by atoms with Gasteiger partial charge in [0.25, 0.3) is 0 Å². The molecule has 1 aromatic carbocycles. The first-order valence-corrected chi connectivity index (χ1v) is 7.31. The quantitative estimate of drug-likeness (QED) is 0.785. The van der Waals surface area contributed by atoms with E-state index in [0.717, 1.165) is 35.2 Å². The molecule has 0 aliphatic heterocycles. The third-order valence-electron chi connectivity index (χ3n) is 3.09. The highest BCUT2D eigenvalue weighted by atomic mass is 79.9. The third kappa shape index (κ3) is 3.28. The van der Waals surface area contributed by atoms with E-state index in [0.29, 0.717) is 5.56 Å². The Morgan fingerprint density at radius 1 is 1.45 bits per heavy atom. The summed E-state index contributed by atoms with van der Waals surface area (Å²) in [5.74, 6) is 0.753. The predicted molar refractivity (Wildman–Crippen MR) is 80.8 cm³/mol. The number of halogens is 1. The fourth-order valence-electron chi connectivity index (χ4n) is 2.04. The molecule has 0 saturated heterocycles. The van der Waals surface area contributed by atoms with E-state index in [1.54, 1.807) is 12.1 Å². The number of methoxy groups -OCH3 is 1. The lowest BCUT2D eigenvalue weighted by atomic mass is 10.1. The summed E-state index contributed by atoms with van der Waals surface area (Å²) in [6.45, 7) is 2.87. The lowest BCUT2D eigenvalue weighted by molar-refractivity contribution is 0.0600. The normalized spacial score (nSPS) is 10.6. The zero-order valence-corrected chi connectivity index (χ0v) is 13.2. The van der Waals surface area contributed by atoms with E-state index in [1.165, 1.54) is 7.11 Å². The number of imidazole rings is 1. The van der Waals surface area contributed by atoms with Crippen LogP contribution < -0.4 is 0 Å². The van der Waals surface area contributed by atoms with E-state index in [9.17, 15) is 4.79 Å². The van der Waals surface area contributed by atoms with Crippen molar-refractivity contribution in [2.45, 2.75) is 26.3 Å². The smallest absolute Gasteiger partial charge is 0.337 e. The van der Waals surface area contributed by atoms with Gasteiger partial charge in [-0.2, -0.15) is 0 Å². The molecule has 0 aliphatic carbocycles. The molecule has 106 valence electrons. The van der Waals surface area contributed by atoms with Gasteiger partial charge in [-0.05, 0) is 24.1 Å². The van der Waals surface area contributed by atoms with Crippen LogP contribution in [0.5, 0.6) is 0 Å². The van der Waals surface area contributed by atoms with Crippen molar-refractivity contribution >= 4 is 21.9 Å². The van der Waals surface area contributed by atoms with Crippen molar-refractivity contribution < 1.29 is 9.53 Å². The maximum absolute atomic E-state index is 11.5. The van der Waals surface area contributed by atoms with Crippen molar-refractivity contribution in [2.75, 3.05) is 7.11 Å². The van der Waals surface area contributed by atoms with Gasteiger partial charge in [0.05, 0.1) is 12.7 Å². The predicted octanol–water partition coefficient (Wildman–Crippen LogP) is 3.43. The van der Waals surface area contributed by atoms with Gasteiger partial charge in [-0.15, -0.1) is 0 Å². The van der Waals surface area contributed by atoms with Crippen molar-refractivity contribution in [1.29, 1.82) is 0 Å². The van der Waals surface area contributed by atoms with E-state index in [4.69, 9.17) is 4.74 Å². The average molecular weight is 337 g/mol. The second-order valence-electron chi connectivity index (χ2n) is 4.52. The molecule has 5 heteroatoms. The van der Waals surface area contributed by atoms with E-state index in [2.05, 4.69) is 32.4 Å². The highest BCUT2D eigenvalue weighted by molar-refractivity contribution is 9.10. The zero-order valence-electron chi connectivity index (χ0n) is 11.6. The van der Waals surface area contributed by atoms with Crippen LogP contribution in [0.1, 0.15) is 35.1 Å². The van der Waals surface area contributed by atoms with Gasteiger partial charge >= 0.3 is 5.97 Å². The summed E-state index contributed by atoms with van der Waals surface area (Å²) in [6, 6.07) is 5.51. The fraction of sp³-hybridized carbons (Fsp3) is 0.333. The first-order chi connectivity index (χ1) is 9.65. The van der Waals surface area contributed by atoms with Gasteiger partial charge in [0.2, 0.25) is 0 Å². The molecule has 0 fully saturated rings. The molecule has 0 amide bonds. The third-order valence-corrected chi connectivity index (χ3v) is 3.83. The van der Waals surface area contributed by atoms with Crippen LogP contribution in [0.3, 0.4) is 0 Å². The lowest BCUT2D eigenvalue weighted by Crippen LogP contribution is -2.06. The molecule has 0 N–H and O–H groups in total. The lowest BCUT2D eigenvalue weighted by Gasteiger charge is -2.10. The Morgan fingerprint density at radius 2 is 2.25 bits per heavy atom. The highest BCUT2D eigenvalue weighted by Crippen LogP contribution is 2.21. The number of ether oxygens (including phenoxy) is 1. The average Bonchev–Trinajstić information content (AvgIpc) is 2.88. The van der Waals surface area contributed by atoms with Gasteiger partial charge in [0, 0.05) is 29.8 Å². The van der Waals surface area contributed by atoms with Crippen molar-refractivity contribution in [3.8, 4) is 0 Å². The zero-order chi connectivity index (χ0) is 14.5. The van der Waals surface area contributed by atoms with Crippen LogP contribution in [0.2, 0.25) is 0 Å². The summed E-state index contributed by atoms with van der Waals surface area (Å²) in [5.41, 5.74) is 1.65. The molecule has 2 aromatic rings. The first-order valence-electron chi connectivity index (χ1n) is 6.52. The van der Waals surface area contributed by atoms with E-state index < -0.39 is 0 Å². The molecule has 2 rings (SSSR count). The molecule has 0 aliphatic rings. The summed E-state index contributed by atoms with van der Waals surface area (Å²) in [5, 5.41) is 0. The molecule has 20 heavy (non-hydrogen) atoms. The molecular weight excluding hydrogens is 320 g/mol. The molecule has 1 aromatic heterocycles. The number of carbonyl (C=O) groups excluding carboxylic acids is 1. The van der Waals surface area contributed by atoms with E-state index >= 15 is 0 Å². The molecule has 0 unspecified atom stereocenters. The molecule has 0 saturated carbocycles. The topological polar surface area (TPSA) is 44.1 Å². The number of benzene rings is 1. The second kappa shape index (κ2) is 6.70. The Labute approximate surface area is 126 Å². The Kier molecular flexibility index (Phi) is 4.95. The standard InChI is InChI=1S/C15H17BrN2O2/c1-3-4-14-17-7-8-18(14)10-12-6-5-11(9-13(12)16)15(19)20-2/h5-9H,3-4,10H2,1-2H3. The first kappa shape index (κ1) is 14.8. The fourth-order valence-corrected chi connectivity index (χ4v) is 2.54. The number of aromatic nitrogens is 2. The van der Waals surface area contributed by atoms with E-state index in [-0.39, 0.29) is 5.97 Å². The van der Waals surface area contributed by atoms with Crippen LogP contribution in [0.4, 0.5) is 0 Å². The summed E-state index contributed by atoms with van der Waals surface area (Å²) >= 11 is 3.51. The van der Waals surface area contributed by atoms with Crippen LogP contribution >= 0.6 is 15.9 Å². The van der Waals surface area contributed by atoms with Crippen molar-refractivity contribution in [1.82, 2.24) is 9.55 Å². The van der Waals surface area contributed by atoms with Gasteiger partial charge in [-0.25, -0.2) is 9.78 Å². The second-order valence-corrected chi connectivity index (χ2v) is 5.37. The molecule has 0 atom stereocenters. The molecular formula is C15H17BrN2O2.